The Morgan fingerprint density at radius 3 is 2.80 bits per heavy atom. The molecule has 0 spiro atoms. The van der Waals surface area contributed by atoms with Crippen molar-refractivity contribution >= 4 is 11.8 Å². The molecule has 1 unspecified atom stereocenters. The lowest BCUT2D eigenvalue weighted by Gasteiger charge is -1.99. The van der Waals surface area contributed by atoms with E-state index >= 15 is 0 Å². The van der Waals surface area contributed by atoms with E-state index in [-0.39, 0.29) is 0 Å². The summed E-state index contributed by atoms with van der Waals surface area (Å²) in [5.74, 6) is -0.224. The molecule has 5 heteroatoms. The fourth-order valence-electron chi connectivity index (χ4n) is 0.608. The van der Waals surface area contributed by atoms with E-state index in [0.29, 0.717) is 6.42 Å². The van der Waals surface area contributed by atoms with Crippen molar-refractivity contribution in [1.82, 2.24) is 5.01 Å². The fraction of sp³-hybridized carbons (Fsp3) is 0.600. The molecule has 0 bridgehead atoms. The number of aliphatic carboxylic acids is 1. The number of carbonyl (C=O) groups is 1. The van der Waals surface area contributed by atoms with Crippen LogP contribution in [0.3, 0.4) is 0 Å². The maximum atomic E-state index is 10.2. The molecule has 0 aromatic heterocycles. The van der Waals surface area contributed by atoms with E-state index in [1.807, 2.05) is 0 Å². The summed E-state index contributed by atoms with van der Waals surface area (Å²) in [4.78, 5) is 10.2. The molecule has 0 radical (unpaired) electrons. The number of amidine groups is 1. The number of hydrogen-bond acceptors (Lipinski definition) is 4. The molecule has 1 atom stereocenters. The lowest BCUT2D eigenvalue weighted by Crippen LogP contribution is -2.31. The van der Waals surface area contributed by atoms with Crippen molar-refractivity contribution in [2.24, 2.45) is 10.8 Å². The van der Waals surface area contributed by atoms with Gasteiger partial charge in [-0.2, -0.15) is 5.10 Å². The molecular formula is C5H9N3O2. The second kappa shape index (κ2) is 2.26. The van der Waals surface area contributed by atoms with Gasteiger partial charge >= 0.3 is 5.97 Å². The third-order valence-electron chi connectivity index (χ3n) is 1.32. The van der Waals surface area contributed by atoms with Crippen LogP contribution >= 0.6 is 0 Å². The van der Waals surface area contributed by atoms with Gasteiger partial charge in [-0.3, -0.25) is 9.80 Å². The zero-order valence-corrected chi connectivity index (χ0v) is 5.61. The molecule has 1 rings (SSSR count). The average Bonchev–Trinajstić information content (AvgIpc) is 2.46. The maximum Gasteiger partial charge on any atom is 0.320 e. The fourth-order valence-corrected chi connectivity index (χ4v) is 0.608. The minimum atomic E-state index is -0.983. The summed E-state index contributed by atoms with van der Waals surface area (Å²) in [6.45, 7) is 0. The van der Waals surface area contributed by atoms with Crippen LogP contribution in [-0.2, 0) is 4.79 Å². The smallest absolute Gasteiger partial charge is 0.320 e. The zero-order chi connectivity index (χ0) is 7.72. The summed E-state index contributed by atoms with van der Waals surface area (Å²) >= 11 is 0. The van der Waals surface area contributed by atoms with Crippen LogP contribution in [0.4, 0.5) is 0 Å². The summed E-state index contributed by atoms with van der Waals surface area (Å²) in [6.07, 6.45) is 0.325. The molecule has 0 aliphatic carbocycles. The van der Waals surface area contributed by atoms with E-state index in [1.54, 1.807) is 12.1 Å². The minimum Gasteiger partial charge on any atom is -0.480 e. The summed E-state index contributed by atoms with van der Waals surface area (Å²) in [6, 6.07) is -0.816. The molecule has 5 nitrogen and oxygen atoms in total. The molecule has 0 amide bonds. The highest BCUT2D eigenvalue weighted by atomic mass is 16.4. The molecule has 10 heavy (non-hydrogen) atoms. The molecular weight excluding hydrogens is 134 g/mol. The number of carboxylic acid groups (broad SMARTS) is 1. The molecule has 0 fully saturated rings. The highest BCUT2D eigenvalue weighted by molar-refractivity contribution is 5.94. The van der Waals surface area contributed by atoms with Gasteiger partial charge in [0, 0.05) is 13.5 Å². The van der Waals surface area contributed by atoms with Gasteiger partial charge in [-0.1, -0.05) is 0 Å². The molecule has 3 N–H and O–H groups in total. The van der Waals surface area contributed by atoms with Crippen molar-refractivity contribution in [3.05, 3.63) is 0 Å². The maximum absolute atomic E-state index is 10.2. The molecule has 56 valence electrons. The number of rotatable bonds is 3. The van der Waals surface area contributed by atoms with E-state index in [4.69, 9.17) is 10.8 Å². The lowest BCUT2D eigenvalue weighted by molar-refractivity contribution is -0.138. The Morgan fingerprint density at radius 1 is 2.00 bits per heavy atom. The molecule has 1 heterocycles. The van der Waals surface area contributed by atoms with Gasteiger partial charge < -0.3 is 10.8 Å². The van der Waals surface area contributed by atoms with E-state index in [2.05, 4.69) is 5.10 Å². The second-order valence-corrected chi connectivity index (χ2v) is 2.19. The first-order valence-corrected chi connectivity index (χ1v) is 2.91. The third kappa shape index (κ3) is 1.44. The van der Waals surface area contributed by atoms with Crippen molar-refractivity contribution in [1.29, 1.82) is 0 Å². The first-order chi connectivity index (χ1) is 4.61. The summed E-state index contributed by atoms with van der Waals surface area (Å²) in [5.41, 5.74) is 5.21. The van der Waals surface area contributed by atoms with Gasteiger partial charge in [0.25, 0.3) is 0 Å². The Balaban J connectivity index is 2.26. The number of carboxylic acids is 1. The number of nitrogens with two attached hydrogens (primary N) is 1. The molecule has 0 saturated heterocycles. The van der Waals surface area contributed by atoms with Gasteiger partial charge in [-0.25, -0.2) is 0 Å². The summed E-state index contributed by atoms with van der Waals surface area (Å²) < 4.78 is 0. The van der Waals surface area contributed by atoms with Crippen LogP contribution in [0.25, 0.3) is 0 Å². The number of hydrazone groups is 1. The largest absolute Gasteiger partial charge is 0.480 e. The van der Waals surface area contributed by atoms with Crippen molar-refractivity contribution in [3.63, 3.8) is 0 Å². The second-order valence-electron chi connectivity index (χ2n) is 2.19. The van der Waals surface area contributed by atoms with Crippen molar-refractivity contribution in [3.8, 4) is 0 Å². The lowest BCUT2D eigenvalue weighted by atomic mass is 10.2. The molecule has 0 saturated carbocycles. The van der Waals surface area contributed by atoms with Crippen molar-refractivity contribution < 1.29 is 9.90 Å². The predicted octanol–water partition coefficient (Wildman–Crippen LogP) is -0.953. The first-order valence-electron chi connectivity index (χ1n) is 2.91. The monoisotopic (exact) mass is 143 g/mol. The van der Waals surface area contributed by atoms with Crippen LogP contribution in [0.15, 0.2) is 5.10 Å². The van der Waals surface area contributed by atoms with Crippen LogP contribution in [-0.4, -0.2) is 35.0 Å². The van der Waals surface area contributed by atoms with E-state index in [0.717, 1.165) is 5.84 Å². The molecule has 1 aliphatic heterocycles. The van der Waals surface area contributed by atoms with Crippen LogP contribution in [0.5, 0.6) is 0 Å². The Hall–Kier alpha value is -1.10. The van der Waals surface area contributed by atoms with E-state index < -0.39 is 12.0 Å². The Kier molecular flexibility index (Phi) is 1.58. The van der Waals surface area contributed by atoms with Crippen LogP contribution in [0.2, 0.25) is 0 Å². The summed E-state index contributed by atoms with van der Waals surface area (Å²) in [7, 11) is 1.75. The number of hydrogen-bond donors (Lipinski definition) is 2. The highest BCUT2D eigenvalue weighted by Crippen LogP contribution is 2.10. The number of nitrogens with zero attached hydrogens (tertiary/aromatic N) is 2. The van der Waals surface area contributed by atoms with Gasteiger partial charge in [0.05, 0.1) is 0 Å². The van der Waals surface area contributed by atoms with Crippen LogP contribution in [0, 0.1) is 0 Å². The van der Waals surface area contributed by atoms with Gasteiger partial charge in [0.1, 0.15) is 11.9 Å². The molecule has 1 aliphatic rings. The van der Waals surface area contributed by atoms with Crippen molar-refractivity contribution in [2.75, 3.05) is 7.05 Å². The van der Waals surface area contributed by atoms with E-state index in [9.17, 15) is 4.79 Å². The zero-order valence-electron chi connectivity index (χ0n) is 5.61. The van der Waals surface area contributed by atoms with Crippen LogP contribution in [0.1, 0.15) is 6.42 Å². The van der Waals surface area contributed by atoms with E-state index in [1.165, 1.54) is 0 Å². The Morgan fingerprint density at radius 2 is 2.50 bits per heavy atom. The summed E-state index contributed by atoms with van der Waals surface area (Å²) in [5, 5.41) is 13.7. The minimum absolute atomic E-state index is 0.325. The van der Waals surface area contributed by atoms with Gasteiger partial charge in [0.2, 0.25) is 0 Å². The van der Waals surface area contributed by atoms with Gasteiger partial charge in [-0.05, 0) is 0 Å². The van der Waals surface area contributed by atoms with Gasteiger partial charge in [0.15, 0.2) is 0 Å². The molecule has 0 aromatic carbocycles. The van der Waals surface area contributed by atoms with Gasteiger partial charge in [-0.15, -0.1) is 0 Å². The quantitative estimate of drug-likeness (QED) is 0.533. The van der Waals surface area contributed by atoms with Crippen LogP contribution < -0.4 is 5.73 Å². The standard InChI is InChI=1S/C5H9N3O2/c1-8-4(7-8)2-3(6)5(9)10/h3H,2,6H2,1H3,(H,9,10). The Bertz CT molecular complexity index is 189. The Labute approximate surface area is 58.1 Å². The third-order valence-corrected chi connectivity index (χ3v) is 1.32. The first kappa shape index (κ1) is 7.01. The average molecular weight is 143 g/mol. The van der Waals surface area contributed by atoms with Crippen molar-refractivity contribution in [2.45, 2.75) is 12.5 Å². The SMILES string of the molecule is CN1N=C1CC(N)C(=O)O. The predicted molar refractivity (Wildman–Crippen MR) is 35.4 cm³/mol. The topological polar surface area (TPSA) is 78.7 Å². The molecule has 0 aromatic rings. The normalized spacial score (nSPS) is 18.2. The highest BCUT2D eigenvalue weighted by Gasteiger charge is 2.24.